The minimum atomic E-state index is -0.470. The smallest absolute Gasteiger partial charge is 0.410 e. The summed E-state index contributed by atoms with van der Waals surface area (Å²) in [5.41, 5.74) is 9.66. The zero-order valence-corrected chi connectivity index (χ0v) is 55.7. The third-order valence-corrected chi connectivity index (χ3v) is 19.0. The molecule has 92 heavy (non-hydrogen) atoms. The lowest BCUT2D eigenvalue weighted by molar-refractivity contribution is -0.134. The van der Waals surface area contributed by atoms with E-state index in [2.05, 4.69) is 71.4 Å². The number of likely N-dealkylation sites (tertiary alicyclic amines) is 3. The number of carbonyl (C=O) groups excluding carboxylic acids is 4. The van der Waals surface area contributed by atoms with E-state index in [-0.39, 0.29) is 29.9 Å². The Labute approximate surface area is 542 Å². The number of imide groups is 1. The van der Waals surface area contributed by atoms with Crippen LogP contribution < -0.4 is 14.8 Å². The quantitative estimate of drug-likeness (QED) is 0.102. The van der Waals surface area contributed by atoms with Gasteiger partial charge in [0.1, 0.15) is 30.1 Å². The van der Waals surface area contributed by atoms with Gasteiger partial charge in [0.05, 0.1) is 28.2 Å². The van der Waals surface area contributed by atoms with Gasteiger partial charge in [0.25, 0.3) is 0 Å². The summed E-state index contributed by atoms with van der Waals surface area (Å²) in [5.74, 6) is 2.72. The lowest BCUT2D eigenvalue weighted by Crippen LogP contribution is -2.48. The fourth-order valence-electron chi connectivity index (χ4n) is 13.8. The van der Waals surface area contributed by atoms with Crippen LogP contribution in [0, 0.1) is 23.7 Å². The maximum Gasteiger partial charge on any atom is 0.410 e. The van der Waals surface area contributed by atoms with E-state index in [1.165, 1.54) is 16.7 Å². The van der Waals surface area contributed by atoms with Crippen LogP contribution in [0.1, 0.15) is 140 Å². The molecule has 488 valence electrons. The first kappa shape index (κ1) is 65.4. The number of carbonyl (C=O) groups is 4. The Kier molecular flexibility index (Phi) is 20.2. The number of aryl methyl sites for hydroxylation is 2. The van der Waals surface area contributed by atoms with Gasteiger partial charge in [-0.15, -0.1) is 0 Å². The predicted molar refractivity (Wildman–Crippen MR) is 359 cm³/mol. The van der Waals surface area contributed by atoms with Gasteiger partial charge in [0, 0.05) is 89.7 Å². The SMILES string of the molecule is C[C@H]1CN(C(=O)OC(C)(C)C)CC[C@H]1CN1CC=C(c2ccc3c(-c4ccc(OCc5ccccc5)nc4OCc4ccccc4)nn(C)c3c2)CC1.C[C@H]1CN(C(=O)OC(C)(C)C)CC[C@H]1CN1CCC(c2ccc3c(C4CCC(=O)NC4=O)nn(C)c3c2)CC1. The van der Waals surface area contributed by atoms with Crippen LogP contribution in [0.3, 0.4) is 0 Å². The number of benzene rings is 4. The molecule has 4 saturated heterocycles. The summed E-state index contributed by atoms with van der Waals surface area (Å²) in [4.78, 5) is 62.9. The molecule has 4 amide bonds. The van der Waals surface area contributed by atoms with Crippen molar-refractivity contribution in [1.82, 2.24) is 49.5 Å². The monoisotopic (exact) mass is 1250 g/mol. The van der Waals surface area contributed by atoms with Crippen LogP contribution in [0.2, 0.25) is 0 Å². The lowest BCUT2D eigenvalue weighted by Gasteiger charge is -2.41. The third kappa shape index (κ3) is 16.2. The van der Waals surface area contributed by atoms with Crippen LogP contribution in [0.5, 0.6) is 11.8 Å². The summed E-state index contributed by atoms with van der Waals surface area (Å²) >= 11 is 0. The van der Waals surface area contributed by atoms with Gasteiger partial charge in [-0.25, -0.2) is 9.59 Å². The molecule has 1 N–H and O–H groups in total. The minimum Gasteiger partial charge on any atom is -0.473 e. The second kappa shape index (κ2) is 28.4. The van der Waals surface area contributed by atoms with Crippen LogP contribution in [0.15, 0.2) is 115 Å². The normalized spacial score (nSPS) is 21.3. The van der Waals surface area contributed by atoms with Crippen LogP contribution >= 0.6 is 0 Å². The Balaban J connectivity index is 0.000000198. The molecular formula is C74H94N10O8. The Bertz CT molecular complexity index is 3770. The van der Waals surface area contributed by atoms with Gasteiger partial charge in [-0.1, -0.05) is 98.8 Å². The molecule has 4 aromatic carbocycles. The Morgan fingerprint density at radius 2 is 1.20 bits per heavy atom. The van der Waals surface area contributed by atoms with E-state index in [1.54, 1.807) is 0 Å². The summed E-state index contributed by atoms with van der Waals surface area (Å²) in [7, 11) is 3.93. The topological polar surface area (TPSA) is 179 Å². The van der Waals surface area contributed by atoms with Crippen molar-refractivity contribution >= 4 is 51.4 Å². The minimum absolute atomic E-state index is 0.191. The van der Waals surface area contributed by atoms with Crippen LogP contribution in [0.25, 0.3) is 38.6 Å². The molecule has 8 heterocycles. The van der Waals surface area contributed by atoms with Gasteiger partial charge in [0.15, 0.2) is 0 Å². The summed E-state index contributed by atoms with van der Waals surface area (Å²) < 4.78 is 27.5. The van der Waals surface area contributed by atoms with Gasteiger partial charge in [0.2, 0.25) is 23.6 Å². The number of piperidine rings is 4. The van der Waals surface area contributed by atoms with E-state index in [4.69, 9.17) is 34.1 Å². The number of nitrogens with zero attached hydrogens (tertiary/aromatic N) is 9. The highest BCUT2D eigenvalue weighted by Crippen LogP contribution is 2.39. The summed E-state index contributed by atoms with van der Waals surface area (Å²) in [5, 5.41) is 14.2. The van der Waals surface area contributed by atoms with E-state index in [9.17, 15) is 19.2 Å². The molecule has 18 heteroatoms. The number of pyridine rings is 1. The standard InChI is InChI=1S/C44H51N5O4.C30H43N5O4/c1-31-27-49(43(50)53-44(2,3)4)25-22-36(31)28-48-23-20-34(21-24-48)35-16-17-37-39(26-35)47(5)46-41(37)38-18-19-40(51-29-32-12-8-6-9-13-32)45-42(38)52-30-33-14-10-7-11-15-33;1-19-17-35(29(38)39-30(2,3)4)15-12-22(19)18-34-13-10-20(11-14-34)21-6-7-23-25(16-21)33(5)32-27(23)24-8-9-26(36)31-28(24)37/h6-20,26,31,36H,21-25,27-30H2,1-5H3;6-7,16,19-20,22,24H,8-15,17-18H2,1-5H3,(H,31,36,37)/t31-,36-;19-,22-,24?/m00/s1. The van der Waals surface area contributed by atoms with E-state index >= 15 is 0 Å². The van der Waals surface area contributed by atoms with Crippen molar-refractivity contribution in [2.75, 3.05) is 65.4 Å². The van der Waals surface area contributed by atoms with Gasteiger partial charge in [-0.2, -0.15) is 15.2 Å². The average Bonchev–Trinajstić information content (AvgIpc) is 1.62. The highest BCUT2D eigenvalue weighted by molar-refractivity contribution is 6.02. The van der Waals surface area contributed by atoms with Gasteiger partial charge in [-0.3, -0.25) is 29.2 Å². The Hall–Kier alpha value is -8.09. The molecule has 0 bridgehead atoms. The van der Waals surface area contributed by atoms with Crippen LogP contribution in [-0.2, 0) is 46.4 Å². The van der Waals surface area contributed by atoms with Gasteiger partial charge in [-0.05, 0) is 175 Å². The molecule has 5 aliphatic heterocycles. The van der Waals surface area contributed by atoms with Crippen LogP contribution in [-0.4, -0.2) is 145 Å². The number of hydrogen-bond donors (Lipinski definition) is 1. The summed E-state index contributed by atoms with van der Waals surface area (Å²) in [6, 6.07) is 37.3. The molecular weight excluding hydrogens is 1160 g/mol. The van der Waals surface area contributed by atoms with Crippen molar-refractivity contribution in [2.45, 2.75) is 137 Å². The zero-order valence-electron chi connectivity index (χ0n) is 55.7. The molecule has 4 fully saturated rings. The van der Waals surface area contributed by atoms with E-state index in [0.717, 1.165) is 147 Å². The predicted octanol–water partition coefficient (Wildman–Crippen LogP) is 12.9. The molecule has 12 rings (SSSR count). The van der Waals surface area contributed by atoms with Gasteiger partial charge >= 0.3 is 12.2 Å². The summed E-state index contributed by atoms with van der Waals surface area (Å²) in [6.45, 7) is 26.1. The Morgan fingerprint density at radius 3 is 1.78 bits per heavy atom. The first-order valence-electron chi connectivity index (χ1n) is 33.3. The number of fused-ring (bicyclic) bond motifs is 2. The summed E-state index contributed by atoms with van der Waals surface area (Å²) in [6.07, 6.45) is 8.12. The molecule has 0 saturated carbocycles. The average molecular weight is 1250 g/mol. The molecule has 0 radical (unpaired) electrons. The molecule has 18 nitrogen and oxygen atoms in total. The van der Waals surface area contributed by atoms with Crippen LogP contribution in [0.4, 0.5) is 9.59 Å². The fraction of sp³-hybridized carbons (Fsp3) is 0.500. The second-order valence-electron chi connectivity index (χ2n) is 28.3. The van der Waals surface area contributed by atoms with Crippen molar-refractivity contribution in [2.24, 2.45) is 37.8 Å². The third-order valence-electron chi connectivity index (χ3n) is 19.0. The molecule has 5 aliphatic rings. The molecule has 7 aromatic rings. The second-order valence-corrected chi connectivity index (χ2v) is 28.3. The number of nitrogens with one attached hydrogen (secondary N) is 1. The zero-order chi connectivity index (χ0) is 64.8. The van der Waals surface area contributed by atoms with Gasteiger partial charge < -0.3 is 33.6 Å². The number of amides is 4. The molecule has 5 atom stereocenters. The van der Waals surface area contributed by atoms with E-state index in [1.807, 2.05) is 148 Å². The first-order chi connectivity index (χ1) is 44.1. The highest BCUT2D eigenvalue weighted by Gasteiger charge is 2.36. The van der Waals surface area contributed by atoms with E-state index in [0.29, 0.717) is 67.4 Å². The number of hydrogen-bond acceptors (Lipinski definition) is 13. The van der Waals surface area contributed by atoms with Crippen molar-refractivity contribution < 1.29 is 38.1 Å². The van der Waals surface area contributed by atoms with Crippen molar-refractivity contribution in [1.29, 1.82) is 0 Å². The largest absolute Gasteiger partial charge is 0.473 e. The number of aromatic nitrogens is 5. The molecule has 0 aliphatic carbocycles. The number of ether oxygens (including phenoxy) is 4. The van der Waals surface area contributed by atoms with Crippen molar-refractivity contribution in [3.05, 3.63) is 143 Å². The fourth-order valence-corrected chi connectivity index (χ4v) is 13.8. The van der Waals surface area contributed by atoms with Crippen molar-refractivity contribution in [3.8, 4) is 23.0 Å². The van der Waals surface area contributed by atoms with Crippen molar-refractivity contribution in [3.63, 3.8) is 0 Å². The van der Waals surface area contributed by atoms with E-state index < -0.39 is 11.2 Å². The Morgan fingerprint density at radius 1 is 0.609 bits per heavy atom. The maximum absolute atomic E-state index is 12.6. The highest BCUT2D eigenvalue weighted by atomic mass is 16.6. The maximum atomic E-state index is 12.6. The first-order valence-corrected chi connectivity index (χ1v) is 33.3. The molecule has 3 aromatic heterocycles. The number of rotatable bonds is 14. The lowest BCUT2D eigenvalue weighted by atomic mass is 9.84. The molecule has 1 unspecified atom stereocenters. The molecule has 0 spiro atoms.